The number of hydrogen-bond donors (Lipinski definition) is 2. The third-order valence-electron chi connectivity index (χ3n) is 3.67. The van der Waals surface area contributed by atoms with E-state index in [1.165, 1.54) is 12.7 Å². The van der Waals surface area contributed by atoms with E-state index >= 15 is 0 Å². The van der Waals surface area contributed by atoms with Crippen LogP contribution < -0.4 is 5.32 Å². The molecule has 0 unspecified atom stereocenters. The van der Waals surface area contributed by atoms with E-state index in [0.29, 0.717) is 28.2 Å². The first kappa shape index (κ1) is 15.8. The summed E-state index contributed by atoms with van der Waals surface area (Å²) in [5.41, 5.74) is 3.92. The average molecular weight is 300 g/mol. The normalized spacial score (nSPS) is 10.4. The third kappa shape index (κ3) is 3.03. The summed E-state index contributed by atoms with van der Waals surface area (Å²) >= 11 is 0. The number of carbonyl (C=O) groups is 2. The highest BCUT2D eigenvalue weighted by molar-refractivity contribution is 6.06. The van der Waals surface area contributed by atoms with Gasteiger partial charge in [-0.3, -0.25) is 4.79 Å². The number of methoxy groups -OCH3 is 1. The van der Waals surface area contributed by atoms with E-state index in [0.717, 1.165) is 6.42 Å². The lowest BCUT2D eigenvalue weighted by Gasteiger charge is -2.06. The molecule has 0 atom stereocenters. The van der Waals surface area contributed by atoms with Crippen molar-refractivity contribution in [3.05, 3.63) is 52.3 Å². The van der Waals surface area contributed by atoms with Crippen molar-refractivity contribution in [2.24, 2.45) is 0 Å². The van der Waals surface area contributed by atoms with Crippen molar-refractivity contribution in [2.45, 2.75) is 27.2 Å². The minimum Gasteiger partial charge on any atom is -0.465 e. The smallest absolute Gasteiger partial charge is 0.339 e. The number of nitrogens with one attached hydrogen (secondary N) is 2. The molecule has 2 rings (SSSR count). The molecule has 0 spiro atoms. The molecule has 0 aliphatic rings. The van der Waals surface area contributed by atoms with Crippen molar-refractivity contribution in [2.75, 3.05) is 12.4 Å². The van der Waals surface area contributed by atoms with E-state index in [1.54, 1.807) is 13.8 Å². The maximum atomic E-state index is 12.4. The Bertz CT molecular complexity index is 699. The van der Waals surface area contributed by atoms with E-state index in [4.69, 9.17) is 4.74 Å². The lowest BCUT2D eigenvalue weighted by Crippen LogP contribution is -2.14. The number of hydrogen-bond acceptors (Lipinski definition) is 3. The molecule has 22 heavy (non-hydrogen) atoms. The van der Waals surface area contributed by atoms with Crippen molar-refractivity contribution >= 4 is 17.6 Å². The Balaban J connectivity index is 2.24. The van der Waals surface area contributed by atoms with Crippen LogP contribution in [-0.4, -0.2) is 24.0 Å². The zero-order valence-corrected chi connectivity index (χ0v) is 13.2. The van der Waals surface area contributed by atoms with Gasteiger partial charge in [0.15, 0.2) is 0 Å². The highest BCUT2D eigenvalue weighted by atomic mass is 16.5. The molecule has 0 bridgehead atoms. The van der Waals surface area contributed by atoms with Gasteiger partial charge in [0, 0.05) is 11.4 Å². The van der Waals surface area contributed by atoms with Crippen LogP contribution in [0.1, 0.15) is 44.6 Å². The summed E-state index contributed by atoms with van der Waals surface area (Å²) in [4.78, 5) is 27.1. The molecule has 0 radical (unpaired) electrons. The standard InChI is InChI=1S/C17H20N2O3/c1-5-12-6-8-13(9-7-12)19-16(20)15-10(2)14(11(3)18-15)17(21)22-4/h6-9,18H,5H2,1-4H3,(H,19,20). The van der Waals surface area contributed by atoms with Crippen LogP contribution in [-0.2, 0) is 11.2 Å². The van der Waals surface area contributed by atoms with Crippen molar-refractivity contribution in [1.82, 2.24) is 4.98 Å². The largest absolute Gasteiger partial charge is 0.465 e. The zero-order chi connectivity index (χ0) is 16.3. The van der Waals surface area contributed by atoms with E-state index in [2.05, 4.69) is 17.2 Å². The molecule has 2 N–H and O–H groups in total. The second-order valence-corrected chi connectivity index (χ2v) is 5.12. The lowest BCUT2D eigenvalue weighted by molar-refractivity contribution is 0.0599. The summed E-state index contributed by atoms with van der Waals surface area (Å²) in [5.74, 6) is -0.724. The summed E-state index contributed by atoms with van der Waals surface area (Å²) < 4.78 is 4.74. The summed E-state index contributed by atoms with van der Waals surface area (Å²) in [5, 5.41) is 2.83. The number of esters is 1. The molecule has 1 aromatic heterocycles. The van der Waals surface area contributed by atoms with Gasteiger partial charge in [0.25, 0.3) is 5.91 Å². The molecule has 1 aromatic carbocycles. The Morgan fingerprint density at radius 3 is 2.36 bits per heavy atom. The number of H-pyrrole nitrogens is 1. The van der Waals surface area contributed by atoms with Crippen LogP contribution in [0, 0.1) is 13.8 Å². The number of carbonyl (C=O) groups excluding carboxylic acids is 2. The van der Waals surface area contributed by atoms with Gasteiger partial charge in [-0.2, -0.15) is 0 Å². The Morgan fingerprint density at radius 2 is 1.82 bits per heavy atom. The number of aromatic nitrogens is 1. The summed E-state index contributed by atoms with van der Waals surface area (Å²) in [6.07, 6.45) is 0.950. The number of rotatable bonds is 4. The van der Waals surface area contributed by atoms with Crippen LogP contribution in [0.5, 0.6) is 0 Å². The van der Waals surface area contributed by atoms with Crippen LogP contribution in [0.25, 0.3) is 0 Å². The molecule has 1 amide bonds. The molecular weight excluding hydrogens is 280 g/mol. The number of amides is 1. The van der Waals surface area contributed by atoms with E-state index < -0.39 is 5.97 Å². The predicted octanol–water partition coefficient (Wildman–Crippen LogP) is 3.23. The molecule has 116 valence electrons. The molecule has 0 saturated heterocycles. The van der Waals surface area contributed by atoms with E-state index in [9.17, 15) is 9.59 Å². The second kappa shape index (κ2) is 6.47. The van der Waals surface area contributed by atoms with Gasteiger partial charge >= 0.3 is 5.97 Å². The van der Waals surface area contributed by atoms with Gasteiger partial charge < -0.3 is 15.0 Å². The third-order valence-corrected chi connectivity index (χ3v) is 3.67. The average Bonchev–Trinajstić information content (AvgIpc) is 2.82. The fraction of sp³-hybridized carbons (Fsp3) is 0.294. The monoisotopic (exact) mass is 300 g/mol. The van der Waals surface area contributed by atoms with Gasteiger partial charge in [-0.1, -0.05) is 19.1 Å². The van der Waals surface area contributed by atoms with Gasteiger partial charge in [-0.25, -0.2) is 4.79 Å². The fourth-order valence-corrected chi connectivity index (χ4v) is 2.40. The summed E-state index contributed by atoms with van der Waals surface area (Å²) in [7, 11) is 1.32. The second-order valence-electron chi connectivity index (χ2n) is 5.12. The quantitative estimate of drug-likeness (QED) is 0.852. The highest BCUT2D eigenvalue weighted by Crippen LogP contribution is 2.20. The van der Waals surface area contributed by atoms with Crippen LogP contribution in [0.4, 0.5) is 5.69 Å². The zero-order valence-electron chi connectivity index (χ0n) is 13.2. The van der Waals surface area contributed by atoms with Crippen LogP contribution >= 0.6 is 0 Å². The number of ether oxygens (including phenoxy) is 1. The van der Waals surface area contributed by atoms with Crippen molar-refractivity contribution in [3.8, 4) is 0 Å². The number of aromatic amines is 1. The Hall–Kier alpha value is -2.56. The van der Waals surface area contributed by atoms with Gasteiger partial charge in [0.2, 0.25) is 0 Å². The Kier molecular flexibility index (Phi) is 4.65. The first-order valence-electron chi connectivity index (χ1n) is 7.15. The van der Waals surface area contributed by atoms with E-state index in [-0.39, 0.29) is 5.91 Å². The maximum Gasteiger partial charge on any atom is 0.339 e. The number of aryl methyl sites for hydroxylation is 2. The van der Waals surface area contributed by atoms with Crippen molar-refractivity contribution in [1.29, 1.82) is 0 Å². The van der Waals surface area contributed by atoms with Gasteiger partial charge in [-0.05, 0) is 43.5 Å². The van der Waals surface area contributed by atoms with Gasteiger partial charge in [0.1, 0.15) is 5.69 Å². The summed E-state index contributed by atoms with van der Waals surface area (Å²) in [6.45, 7) is 5.55. The topological polar surface area (TPSA) is 71.2 Å². The highest BCUT2D eigenvalue weighted by Gasteiger charge is 2.22. The maximum absolute atomic E-state index is 12.4. The van der Waals surface area contributed by atoms with E-state index in [1.807, 2.05) is 24.3 Å². The molecule has 5 nitrogen and oxygen atoms in total. The molecule has 2 aromatic rings. The van der Waals surface area contributed by atoms with Gasteiger partial charge in [0.05, 0.1) is 12.7 Å². The molecular formula is C17H20N2O3. The molecule has 0 aliphatic heterocycles. The first-order chi connectivity index (χ1) is 10.5. The van der Waals surface area contributed by atoms with Crippen LogP contribution in [0.15, 0.2) is 24.3 Å². The number of benzene rings is 1. The predicted molar refractivity (Wildman–Crippen MR) is 85.4 cm³/mol. The molecule has 0 fully saturated rings. The molecule has 1 heterocycles. The number of anilines is 1. The fourth-order valence-electron chi connectivity index (χ4n) is 2.40. The molecule has 5 heteroatoms. The van der Waals surface area contributed by atoms with Crippen molar-refractivity contribution in [3.63, 3.8) is 0 Å². The summed E-state index contributed by atoms with van der Waals surface area (Å²) in [6, 6.07) is 7.68. The Morgan fingerprint density at radius 1 is 1.18 bits per heavy atom. The van der Waals surface area contributed by atoms with Crippen molar-refractivity contribution < 1.29 is 14.3 Å². The minimum atomic E-state index is -0.447. The SMILES string of the molecule is CCc1ccc(NC(=O)c2[nH]c(C)c(C(=O)OC)c2C)cc1. The minimum absolute atomic E-state index is 0.278. The molecule has 0 aliphatic carbocycles. The molecule has 0 saturated carbocycles. The Labute approximate surface area is 129 Å². The van der Waals surface area contributed by atoms with Gasteiger partial charge in [-0.15, -0.1) is 0 Å². The van der Waals surface area contributed by atoms with Crippen LogP contribution in [0.2, 0.25) is 0 Å². The lowest BCUT2D eigenvalue weighted by atomic mass is 10.1. The first-order valence-corrected chi connectivity index (χ1v) is 7.15. The van der Waals surface area contributed by atoms with Crippen LogP contribution in [0.3, 0.4) is 0 Å².